The number of carbonyl (C=O) groups is 3. The molecule has 0 aliphatic heterocycles. The monoisotopic (exact) mass is 617 g/mol. The summed E-state index contributed by atoms with van der Waals surface area (Å²) in [6.45, 7) is 5.57. The van der Waals surface area contributed by atoms with Gasteiger partial charge in [0, 0.05) is 12.3 Å². The van der Waals surface area contributed by atoms with Crippen LogP contribution in [0.2, 0.25) is 4.94 Å². The summed E-state index contributed by atoms with van der Waals surface area (Å²) in [7, 11) is 0. The fraction of sp³-hybridized carbons (Fsp3) is 0.842. The summed E-state index contributed by atoms with van der Waals surface area (Å²) in [6, 6.07) is 0.165. The van der Waals surface area contributed by atoms with Gasteiger partial charge in [-0.05, 0) is 0 Å². The van der Waals surface area contributed by atoms with Gasteiger partial charge in [0.15, 0.2) is 0 Å². The molecular formula is C19H34IN2O5Sn. The molecule has 161 valence electrons. The molecule has 0 spiro atoms. The second-order valence-electron chi connectivity index (χ2n) is 7.46. The average molecular weight is 616 g/mol. The molecule has 0 bridgehead atoms. The van der Waals surface area contributed by atoms with Crippen molar-refractivity contribution in [3.8, 4) is 0 Å². The molecule has 0 unspecified atom stereocenters. The average Bonchev–Trinajstić information content (AvgIpc) is 2.64. The Hall–Kier alpha value is 0.0587. The van der Waals surface area contributed by atoms with E-state index < -0.39 is 16.2 Å². The second kappa shape index (κ2) is 14.9. The van der Waals surface area contributed by atoms with Gasteiger partial charge in [-0.25, -0.2) is 0 Å². The Morgan fingerprint density at radius 1 is 1.07 bits per heavy atom. The Bertz CT molecular complexity index is 497. The van der Waals surface area contributed by atoms with E-state index in [0.717, 1.165) is 25.7 Å². The molecule has 2 N–H and O–H groups in total. The summed E-state index contributed by atoms with van der Waals surface area (Å²) in [6.07, 6.45) is 4.09. The van der Waals surface area contributed by atoms with Gasteiger partial charge in [-0.3, -0.25) is 4.79 Å². The van der Waals surface area contributed by atoms with Crippen LogP contribution in [-0.4, -0.2) is 66.2 Å². The van der Waals surface area contributed by atoms with Crippen molar-refractivity contribution in [3.05, 3.63) is 0 Å². The number of nitrogens with one attached hydrogen (secondary N) is 2. The van der Waals surface area contributed by atoms with Crippen molar-refractivity contribution in [2.24, 2.45) is 11.8 Å². The molecule has 7 nitrogen and oxygen atoms in total. The predicted octanol–water partition coefficient (Wildman–Crippen LogP) is 2.37. The van der Waals surface area contributed by atoms with Gasteiger partial charge < -0.3 is 4.74 Å². The van der Waals surface area contributed by atoms with Crippen LogP contribution in [0.15, 0.2) is 0 Å². The summed E-state index contributed by atoms with van der Waals surface area (Å²) in [5, 5.41) is 5.97. The van der Waals surface area contributed by atoms with Crippen molar-refractivity contribution in [1.29, 1.82) is 0 Å². The minimum atomic E-state index is -1.60. The zero-order valence-electron chi connectivity index (χ0n) is 17.2. The molecule has 1 aliphatic rings. The molecular weight excluding hydrogens is 582 g/mol. The summed E-state index contributed by atoms with van der Waals surface area (Å²) in [5.41, 5.74) is 0. The summed E-state index contributed by atoms with van der Waals surface area (Å²) in [5.74, 6) is 0.346. The normalized spacial score (nSPS) is 19.6. The first-order chi connectivity index (χ1) is 13.3. The van der Waals surface area contributed by atoms with Crippen molar-refractivity contribution in [1.82, 2.24) is 10.6 Å². The van der Waals surface area contributed by atoms with Crippen LogP contribution < -0.4 is 10.6 Å². The molecule has 1 saturated carbocycles. The van der Waals surface area contributed by atoms with Crippen molar-refractivity contribution >= 4 is 52.4 Å². The Balaban J connectivity index is 2.09. The number of hydrogen-bond acceptors (Lipinski definition) is 5. The van der Waals surface area contributed by atoms with Crippen molar-refractivity contribution in [3.63, 3.8) is 0 Å². The molecule has 0 heterocycles. The van der Waals surface area contributed by atoms with E-state index >= 15 is 0 Å². The van der Waals surface area contributed by atoms with Crippen LogP contribution in [-0.2, 0) is 22.2 Å². The first-order valence-corrected chi connectivity index (χ1v) is 22.4. The number of amides is 2. The molecule has 0 aromatic heterocycles. The van der Waals surface area contributed by atoms with Gasteiger partial charge in [0.05, 0.1) is 13.2 Å². The van der Waals surface area contributed by atoms with Crippen LogP contribution in [0.3, 0.4) is 0 Å². The van der Waals surface area contributed by atoms with Crippen LogP contribution in [0.1, 0.15) is 52.4 Å². The minimum absolute atomic E-state index is 0.00682. The molecule has 28 heavy (non-hydrogen) atoms. The molecule has 0 saturated heterocycles. The van der Waals surface area contributed by atoms with Crippen molar-refractivity contribution in [2.45, 2.75) is 63.4 Å². The number of ketones is 1. The van der Waals surface area contributed by atoms with Gasteiger partial charge in [-0.1, -0.05) is 13.8 Å². The third kappa shape index (κ3) is 11.9. The number of carbonyl (C=O) groups excluding carboxylic acids is 3. The van der Waals surface area contributed by atoms with E-state index in [1.165, 1.54) is 0 Å². The Labute approximate surface area is 185 Å². The zero-order valence-corrected chi connectivity index (χ0v) is 22.2. The molecule has 2 amide bonds. The van der Waals surface area contributed by atoms with Gasteiger partial charge in [-0.15, -0.1) is 0 Å². The van der Waals surface area contributed by atoms with E-state index in [9.17, 15) is 14.4 Å². The number of halogens is 1. The molecule has 1 rings (SSSR count). The van der Waals surface area contributed by atoms with Crippen LogP contribution in [0.4, 0.5) is 0 Å². The maximum atomic E-state index is 12.2. The van der Waals surface area contributed by atoms with Crippen LogP contribution in [0.5, 0.6) is 0 Å². The van der Waals surface area contributed by atoms with Crippen molar-refractivity contribution < 1.29 is 22.2 Å². The van der Waals surface area contributed by atoms with Gasteiger partial charge >= 0.3 is 132 Å². The number of Topliss-reactive ketones (excluding diaryl/α,β-unsaturated/α-hetero) is 1. The zero-order chi connectivity index (χ0) is 20.9. The summed E-state index contributed by atoms with van der Waals surface area (Å²) >= 11 is 0.758. The van der Waals surface area contributed by atoms with E-state index in [-0.39, 0.29) is 35.5 Å². The fourth-order valence-electron chi connectivity index (χ4n) is 3.04. The number of rotatable bonds is 13. The predicted molar refractivity (Wildman–Crippen MR) is 118 cm³/mol. The molecule has 1 aliphatic carbocycles. The van der Waals surface area contributed by atoms with Crippen LogP contribution in [0, 0.1) is 11.8 Å². The number of ether oxygens (including phenoxy) is 1. The van der Waals surface area contributed by atoms with Crippen molar-refractivity contribution in [2.75, 3.05) is 26.4 Å². The Kier molecular flexibility index (Phi) is 13.9. The molecule has 0 aromatic carbocycles. The molecule has 0 aromatic rings. The third-order valence-electron chi connectivity index (χ3n) is 4.78. The van der Waals surface area contributed by atoms with Crippen LogP contribution >= 0.6 is 18.6 Å². The number of hydrogen-bond donors (Lipinski definition) is 2. The summed E-state index contributed by atoms with van der Waals surface area (Å²) < 4.78 is 11.0. The maximum absolute atomic E-state index is 12.2. The standard InChI is InChI=1S/C18H31N2O5.CH3.HI.Sn/c1-13(2)16(22)8-11-25-12-9-19-18(24)14-3-5-15(6-4-14)20-17(23)7-10-21;;;/h13-15H,3-12H2,1-2H3,(H,19,24)(H,20,23);1H3;1H;/q-1;;;+2/p-1. The van der Waals surface area contributed by atoms with E-state index in [1.807, 2.05) is 13.8 Å². The Morgan fingerprint density at radius 2 is 1.75 bits per heavy atom. The first kappa shape index (κ1) is 26.1. The Morgan fingerprint density at radius 3 is 2.36 bits per heavy atom. The van der Waals surface area contributed by atoms with E-state index in [0.29, 0.717) is 39.2 Å². The first-order valence-electron chi connectivity index (χ1n) is 10.1. The SMILES string of the molecule is CC(C)C(=O)CCOCCNC(=O)C1CCC(NC(=O)CC[O][Sn]([CH3])[I])CC1. The fourth-order valence-corrected chi connectivity index (χ4v) is 5.61. The molecule has 1 fully saturated rings. The second-order valence-corrected chi connectivity index (χ2v) is 21.2. The molecule has 9 heteroatoms. The van der Waals surface area contributed by atoms with Crippen LogP contribution in [0.25, 0.3) is 0 Å². The van der Waals surface area contributed by atoms with E-state index in [4.69, 9.17) is 7.81 Å². The third-order valence-corrected chi connectivity index (χ3v) is 8.58. The summed E-state index contributed by atoms with van der Waals surface area (Å²) in [4.78, 5) is 37.8. The van der Waals surface area contributed by atoms with Gasteiger partial charge in [-0.2, -0.15) is 0 Å². The van der Waals surface area contributed by atoms with Gasteiger partial charge in [0.25, 0.3) is 0 Å². The topological polar surface area (TPSA) is 93.7 Å². The molecule has 1 radical (unpaired) electrons. The van der Waals surface area contributed by atoms with E-state index in [2.05, 4.69) is 34.2 Å². The molecule has 0 atom stereocenters. The van der Waals surface area contributed by atoms with Gasteiger partial charge in [0.1, 0.15) is 5.78 Å². The van der Waals surface area contributed by atoms with Gasteiger partial charge in [0.2, 0.25) is 0 Å². The quantitative estimate of drug-likeness (QED) is 0.189. The van der Waals surface area contributed by atoms with E-state index in [1.54, 1.807) is 0 Å².